The summed E-state index contributed by atoms with van der Waals surface area (Å²) in [4.78, 5) is 5.35. The summed E-state index contributed by atoms with van der Waals surface area (Å²) in [6, 6.07) is 7.84. The molecule has 0 atom stereocenters. The molecule has 0 saturated heterocycles. The third kappa shape index (κ3) is 3.34. The molecule has 1 fully saturated rings. The summed E-state index contributed by atoms with van der Waals surface area (Å²) >= 11 is 3.40. The highest BCUT2D eigenvalue weighted by Gasteiger charge is 2.15. The lowest BCUT2D eigenvalue weighted by molar-refractivity contribution is 0.0657. The van der Waals surface area contributed by atoms with Gasteiger partial charge in [0.15, 0.2) is 0 Å². The summed E-state index contributed by atoms with van der Waals surface area (Å²) in [5.74, 6) is 0. The first-order chi connectivity index (χ1) is 7.34. The van der Waals surface area contributed by atoms with Crippen LogP contribution < -0.4 is 0 Å². The second-order valence-corrected chi connectivity index (χ2v) is 4.64. The van der Waals surface area contributed by atoms with E-state index in [1.807, 2.05) is 24.3 Å². The van der Waals surface area contributed by atoms with Crippen molar-refractivity contribution in [1.82, 2.24) is 0 Å². The lowest BCUT2D eigenvalue weighted by Gasteiger charge is -2.04. The van der Waals surface area contributed by atoms with Crippen LogP contribution in [0, 0.1) is 0 Å². The zero-order chi connectivity index (χ0) is 10.5. The van der Waals surface area contributed by atoms with Gasteiger partial charge in [0.25, 0.3) is 0 Å². The number of hydrogen-bond donors (Lipinski definition) is 0. The molecule has 3 heteroatoms. The molecule has 1 radical (unpaired) electrons. The van der Waals surface area contributed by atoms with Gasteiger partial charge in [-0.05, 0) is 37.8 Å². The van der Waals surface area contributed by atoms with Crippen LogP contribution in [0.2, 0.25) is 0 Å². The van der Waals surface area contributed by atoms with Crippen LogP contribution in [0.15, 0.2) is 33.9 Å². The second-order valence-electron chi connectivity index (χ2n) is 3.73. The van der Waals surface area contributed by atoms with Gasteiger partial charge in [0.05, 0.1) is 0 Å². The van der Waals surface area contributed by atoms with E-state index in [-0.39, 0.29) is 0 Å². The Labute approximate surface area is 98.4 Å². The van der Waals surface area contributed by atoms with E-state index in [0.29, 0.717) is 6.10 Å². The van der Waals surface area contributed by atoms with Gasteiger partial charge in [0.2, 0.25) is 0 Å². The first-order valence-corrected chi connectivity index (χ1v) is 6.01. The normalized spacial score (nSPS) is 17.4. The fourth-order valence-corrected chi connectivity index (χ4v) is 2.10. The highest BCUT2D eigenvalue weighted by atomic mass is 79.9. The van der Waals surface area contributed by atoms with Crippen molar-refractivity contribution < 1.29 is 4.84 Å². The van der Waals surface area contributed by atoms with Crippen molar-refractivity contribution in [2.24, 2.45) is 5.16 Å². The van der Waals surface area contributed by atoms with Gasteiger partial charge in [-0.2, -0.15) is 0 Å². The maximum absolute atomic E-state index is 5.35. The van der Waals surface area contributed by atoms with Gasteiger partial charge in [0.1, 0.15) is 12.3 Å². The highest BCUT2D eigenvalue weighted by Crippen LogP contribution is 2.20. The SMILES string of the molecule is Brc1cccc(/[C]=N/OC2CCCC2)c1. The first-order valence-electron chi connectivity index (χ1n) is 5.22. The molecule has 79 valence electrons. The van der Waals surface area contributed by atoms with Crippen molar-refractivity contribution in [3.05, 3.63) is 34.3 Å². The standard InChI is InChI=1S/C12H13BrNO/c13-11-5-3-4-10(8-11)9-14-15-12-6-1-2-7-12/h3-5,8,12H,1-2,6-7H2. The zero-order valence-corrected chi connectivity index (χ0v) is 10.0. The summed E-state index contributed by atoms with van der Waals surface area (Å²) in [6.07, 6.45) is 7.97. The molecule has 2 nitrogen and oxygen atoms in total. The molecule has 15 heavy (non-hydrogen) atoms. The van der Waals surface area contributed by atoms with E-state index >= 15 is 0 Å². The topological polar surface area (TPSA) is 21.6 Å². The van der Waals surface area contributed by atoms with Crippen molar-refractivity contribution in [2.75, 3.05) is 0 Å². The molecule has 0 spiro atoms. The summed E-state index contributed by atoms with van der Waals surface area (Å²) in [5.41, 5.74) is 0.933. The molecule has 0 N–H and O–H groups in total. The van der Waals surface area contributed by atoms with Crippen LogP contribution >= 0.6 is 15.9 Å². The van der Waals surface area contributed by atoms with E-state index in [0.717, 1.165) is 22.9 Å². The Balaban J connectivity index is 1.87. The largest absolute Gasteiger partial charge is 0.392 e. The molecule has 0 bridgehead atoms. The van der Waals surface area contributed by atoms with E-state index in [2.05, 4.69) is 27.3 Å². The molecule has 1 aliphatic carbocycles. The number of nitrogens with zero attached hydrogens (tertiary/aromatic N) is 1. The molecule has 0 aromatic heterocycles. The number of rotatable bonds is 3. The second kappa shape index (κ2) is 5.31. The van der Waals surface area contributed by atoms with Gasteiger partial charge in [-0.3, -0.25) is 0 Å². The van der Waals surface area contributed by atoms with Crippen molar-refractivity contribution in [2.45, 2.75) is 31.8 Å². The van der Waals surface area contributed by atoms with Crippen LogP contribution in [-0.4, -0.2) is 12.3 Å². The molecule has 0 amide bonds. The van der Waals surface area contributed by atoms with Crippen molar-refractivity contribution in [3.8, 4) is 0 Å². The van der Waals surface area contributed by atoms with Gasteiger partial charge in [-0.25, -0.2) is 0 Å². The Morgan fingerprint density at radius 3 is 2.87 bits per heavy atom. The Morgan fingerprint density at radius 2 is 2.13 bits per heavy atom. The van der Waals surface area contributed by atoms with Gasteiger partial charge in [0, 0.05) is 10.0 Å². The van der Waals surface area contributed by atoms with Crippen LogP contribution in [0.25, 0.3) is 0 Å². The molecule has 0 heterocycles. The van der Waals surface area contributed by atoms with Gasteiger partial charge in [-0.1, -0.05) is 33.2 Å². The molecule has 0 aliphatic heterocycles. The van der Waals surface area contributed by atoms with Crippen LogP contribution in [0.4, 0.5) is 0 Å². The minimum Gasteiger partial charge on any atom is -0.392 e. The third-order valence-electron chi connectivity index (χ3n) is 2.50. The minimum atomic E-state index is 0.310. The number of benzene rings is 1. The average molecular weight is 267 g/mol. The highest BCUT2D eigenvalue weighted by molar-refractivity contribution is 9.10. The molecular weight excluding hydrogens is 254 g/mol. The third-order valence-corrected chi connectivity index (χ3v) is 3.00. The summed E-state index contributed by atoms with van der Waals surface area (Å²) < 4.78 is 1.03. The van der Waals surface area contributed by atoms with Crippen LogP contribution in [0.1, 0.15) is 31.2 Å². The van der Waals surface area contributed by atoms with Crippen LogP contribution in [0.5, 0.6) is 0 Å². The minimum absolute atomic E-state index is 0.310. The van der Waals surface area contributed by atoms with E-state index in [1.54, 1.807) is 0 Å². The monoisotopic (exact) mass is 266 g/mol. The van der Waals surface area contributed by atoms with Crippen molar-refractivity contribution >= 4 is 22.1 Å². The first kappa shape index (κ1) is 10.7. The fourth-order valence-electron chi connectivity index (χ4n) is 1.71. The maximum atomic E-state index is 5.35. The van der Waals surface area contributed by atoms with E-state index < -0.39 is 0 Å². The predicted molar refractivity (Wildman–Crippen MR) is 64.0 cm³/mol. The van der Waals surface area contributed by atoms with Crippen LogP contribution in [-0.2, 0) is 4.84 Å². The lowest BCUT2D eigenvalue weighted by Crippen LogP contribution is -2.02. The fraction of sp³-hybridized carbons (Fsp3) is 0.417. The summed E-state index contributed by atoms with van der Waals surface area (Å²) in [7, 11) is 0. The molecule has 1 saturated carbocycles. The lowest BCUT2D eigenvalue weighted by atomic mass is 10.2. The van der Waals surface area contributed by atoms with Crippen molar-refractivity contribution in [3.63, 3.8) is 0 Å². The average Bonchev–Trinajstić information content (AvgIpc) is 2.71. The maximum Gasteiger partial charge on any atom is 0.139 e. The Morgan fingerprint density at radius 1 is 1.33 bits per heavy atom. The van der Waals surface area contributed by atoms with Gasteiger partial charge >= 0.3 is 0 Å². The molecular formula is C12H13BrNO. The summed E-state index contributed by atoms with van der Waals surface area (Å²) in [5, 5.41) is 3.89. The summed E-state index contributed by atoms with van der Waals surface area (Å²) in [6.45, 7) is 0. The van der Waals surface area contributed by atoms with Gasteiger partial charge in [-0.15, -0.1) is 0 Å². The number of hydrogen-bond acceptors (Lipinski definition) is 2. The Bertz CT molecular complexity index is 345. The van der Waals surface area contributed by atoms with E-state index in [1.165, 1.54) is 12.8 Å². The molecule has 0 unspecified atom stereocenters. The van der Waals surface area contributed by atoms with Crippen LogP contribution in [0.3, 0.4) is 0 Å². The quantitative estimate of drug-likeness (QED) is 0.605. The molecule has 1 aliphatic rings. The predicted octanol–water partition coefficient (Wildman–Crippen LogP) is 3.62. The van der Waals surface area contributed by atoms with Crippen molar-refractivity contribution in [1.29, 1.82) is 0 Å². The Kier molecular flexibility index (Phi) is 3.78. The molecule has 2 rings (SSSR count). The van der Waals surface area contributed by atoms with E-state index in [4.69, 9.17) is 4.84 Å². The zero-order valence-electron chi connectivity index (χ0n) is 8.45. The molecule has 1 aromatic rings. The number of halogens is 1. The smallest absolute Gasteiger partial charge is 0.139 e. The van der Waals surface area contributed by atoms with E-state index in [9.17, 15) is 0 Å². The van der Waals surface area contributed by atoms with Gasteiger partial charge < -0.3 is 4.84 Å². The Hall–Kier alpha value is -0.830. The molecule has 1 aromatic carbocycles.